The van der Waals surface area contributed by atoms with Gasteiger partial charge in [0.2, 0.25) is 10.0 Å². The molecule has 0 spiro atoms. The standard InChI is InChI=1S/C15H24N2O3S/c1-2-16-11-13-3-5-15(6-4-13)21(19,20)17-9-7-14(12-18)8-10-17/h3-6,14,16,18H,2,7-12H2,1H3. The molecule has 0 amide bonds. The monoisotopic (exact) mass is 312 g/mol. The second kappa shape index (κ2) is 7.35. The van der Waals surface area contributed by atoms with Crippen LogP contribution in [0.1, 0.15) is 25.3 Å². The Labute approximate surface area is 127 Å². The Kier molecular flexibility index (Phi) is 5.75. The Balaban J connectivity index is 2.05. The summed E-state index contributed by atoms with van der Waals surface area (Å²) in [6.45, 7) is 4.81. The van der Waals surface area contributed by atoms with Gasteiger partial charge in [0.25, 0.3) is 0 Å². The van der Waals surface area contributed by atoms with Gasteiger partial charge in [0.05, 0.1) is 4.90 Å². The maximum absolute atomic E-state index is 12.6. The first-order chi connectivity index (χ1) is 10.1. The molecule has 1 fully saturated rings. The second-order valence-corrected chi connectivity index (χ2v) is 7.39. The fourth-order valence-corrected chi connectivity index (χ4v) is 4.00. The van der Waals surface area contributed by atoms with Crippen LogP contribution in [0.4, 0.5) is 0 Å². The number of hydrogen-bond donors (Lipinski definition) is 2. The maximum Gasteiger partial charge on any atom is 0.243 e. The van der Waals surface area contributed by atoms with Crippen molar-refractivity contribution in [1.82, 2.24) is 9.62 Å². The first-order valence-corrected chi connectivity index (χ1v) is 8.92. The van der Waals surface area contributed by atoms with Gasteiger partial charge in [0.15, 0.2) is 0 Å². The first-order valence-electron chi connectivity index (χ1n) is 7.48. The number of rotatable bonds is 6. The molecule has 6 heteroatoms. The van der Waals surface area contributed by atoms with Gasteiger partial charge in [0, 0.05) is 26.2 Å². The predicted molar refractivity (Wildman–Crippen MR) is 82.4 cm³/mol. The molecule has 2 N–H and O–H groups in total. The Morgan fingerprint density at radius 3 is 2.38 bits per heavy atom. The molecule has 5 nitrogen and oxygen atoms in total. The Morgan fingerprint density at radius 1 is 1.24 bits per heavy atom. The van der Waals surface area contributed by atoms with E-state index >= 15 is 0 Å². The molecule has 0 aromatic heterocycles. The lowest BCUT2D eigenvalue weighted by molar-refractivity contribution is 0.170. The van der Waals surface area contributed by atoms with Gasteiger partial charge in [-0.2, -0.15) is 4.31 Å². The van der Waals surface area contributed by atoms with Crippen LogP contribution in [-0.2, 0) is 16.6 Å². The molecule has 0 saturated carbocycles. The highest BCUT2D eigenvalue weighted by atomic mass is 32.2. The van der Waals surface area contributed by atoms with E-state index in [4.69, 9.17) is 5.11 Å². The number of benzene rings is 1. The minimum atomic E-state index is -3.40. The van der Waals surface area contributed by atoms with E-state index in [1.54, 1.807) is 12.1 Å². The fourth-order valence-electron chi connectivity index (χ4n) is 2.53. The van der Waals surface area contributed by atoms with Gasteiger partial charge in [-0.3, -0.25) is 0 Å². The van der Waals surface area contributed by atoms with Crippen molar-refractivity contribution < 1.29 is 13.5 Å². The Hall–Kier alpha value is -0.950. The van der Waals surface area contributed by atoms with Crippen LogP contribution < -0.4 is 5.32 Å². The van der Waals surface area contributed by atoms with Crippen LogP contribution in [0.2, 0.25) is 0 Å². The molecule has 1 heterocycles. The zero-order chi connectivity index (χ0) is 15.3. The summed E-state index contributed by atoms with van der Waals surface area (Å²) in [5.41, 5.74) is 1.08. The smallest absolute Gasteiger partial charge is 0.243 e. The molecule has 118 valence electrons. The zero-order valence-electron chi connectivity index (χ0n) is 12.5. The predicted octanol–water partition coefficient (Wildman–Crippen LogP) is 1.19. The molecule has 1 aromatic rings. The molecule has 21 heavy (non-hydrogen) atoms. The van der Waals surface area contributed by atoms with Crippen molar-refractivity contribution in [2.24, 2.45) is 5.92 Å². The molecule has 0 bridgehead atoms. The van der Waals surface area contributed by atoms with Gasteiger partial charge in [-0.15, -0.1) is 0 Å². The van der Waals surface area contributed by atoms with Gasteiger partial charge < -0.3 is 10.4 Å². The molecule has 2 rings (SSSR count). The summed E-state index contributed by atoms with van der Waals surface area (Å²) in [5.74, 6) is 0.235. The number of piperidine rings is 1. The molecule has 1 aromatic carbocycles. The summed E-state index contributed by atoms with van der Waals surface area (Å²) in [7, 11) is -3.40. The third-order valence-corrected chi connectivity index (χ3v) is 5.88. The molecule has 0 atom stereocenters. The highest BCUT2D eigenvalue weighted by Gasteiger charge is 2.28. The van der Waals surface area contributed by atoms with Crippen LogP contribution in [0.15, 0.2) is 29.2 Å². The molecular formula is C15H24N2O3S. The first kappa shape index (κ1) is 16.4. The number of sulfonamides is 1. The molecule has 1 saturated heterocycles. The van der Waals surface area contributed by atoms with Crippen molar-refractivity contribution in [2.45, 2.75) is 31.2 Å². The van der Waals surface area contributed by atoms with Crippen molar-refractivity contribution in [1.29, 1.82) is 0 Å². The topological polar surface area (TPSA) is 69.6 Å². The summed E-state index contributed by atoms with van der Waals surface area (Å²) in [5, 5.41) is 12.3. The van der Waals surface area contributed by atoms with Gasteiger partial charge in [-0.25, -0.2) is 8.42 Å². The number of aliphatic hydroxyl groups is 1. The third kappa shape index (κ3) is 4.03. The molecule has 0 radical (unpaired) electrons. The molecule has 0 unspecified atom stereocenters. The van der Waals surface area contributed by atoms with Crippen LogP contribution >= 0.6 is 0 Å². The average Bonchev–Trinajstić information content (AvgIpc) is 2.53. The lowest BCUT2D eigenvalue weighted by Crippen LogP contribution is -2.39. The summed E-state index contributed by atoms with van der Waals surface area (Å²) in [6.07, 6.45) is 1.46. The van der Waals surface area contributed by atoms with Crippen molar-refractivity contribution >= 4 is 10.0 Å². The second-order valence-electron chi connectivity index (χ2n) is 5.45. The van der Waals surface area contributed by atoms with E-state index in [0.29, 0.717) is 18.0 Å². The van der Waals surface area contributed by atoms with Gasteiger partial charge in [0.1, 0.15) is 0 Å². The molecule has 1 aliphatic heterocycles. The third-order valence-electron chi connectivity index (χ3n) is 3.97. The van der Waals surface area contributed by atoms with Crippen LogP contribution in [0.5, 0.6) is 0 Å². The van der Waals surface area contributed by atoms with E-state index < -0.39 is 10.0 Å². The van der Waals surface area contributed by atoms with Gasteiger partial charge >= 0.3 is 0 Å². The van der Waals surface area contributed by atoms with Crippen LogP contribution in [0.3, 0.4) is 0 Å². The molecular weight excluding hydrogens is 288 g/mol. The van der Waals surface area contributed by atoms with Crippen molar-refractivity contribution in [3.8, 4) is 0 Å². The van der Waals surface area contributed by atoms with E-state index in [9.17, 15) is 8.42 Å². The SMILES string of the molecule is CCNCc1ccc(S(=O)(=O)N2CCC(CO)CC2)cc1. The molecule has 1 aliphatic rings. The minimum absolute atomic E-state index is 0.146. The normalized spacial score (nSPS) is 18.0. The van der Waals surface area contributed by atoms with Crippen LogP contribution in [0, 0.1) is 5.92 Å². The Bertz CT molecular complexity index is 535. The fraction of sp³-hybridized carbons (Fsp3) is 0.600. The van der Waals surface area contributed by atoms with Gasteiger partial charge in [-0.1, -0.05) is 19.1 Å². The maximum atomic E-state index is 12.6. The highest BCUT2D eigenvalue weighted by molar-refractivity contribution is 7.89. The lowest BCUT2D eigenvalue weighted by atomic mass is 10.00. The molecule has 0 aliphatic carbocycles. The number of nitrogens with zero attached hydrogens (tertiary/aromatic N) is 1. The summed E-state index contributed by atoms with van der Waals surface area (Å²) < 4.78 is 26.6. The Morgan fingerprint density at radius 2 is 1.86 bits per heavy atom. The van der Waals surface area contributed by atoms with E-state index in [1.807, 2.05) is 19.1 Å². The minimum Gasteiger partial charge on any atom is -0.396 e. The van der Waals surface area contributed by atoms with Crippen LogP contribution in [0.25, 0.3) is 0 Å². The van der Waals surface area contributed by atoms with Crippen molar-refractivity contribution in [3.63, 3.8) is 0 Å². The van der Waals surface area contributed by atoms with E-state index in [1.165, 1.54) is 4.31 Å². The number of aliphatic hydroxyl groups excluding tert-OH is 1. The van der Waals surface area contributed by atoms with E-state index in [-0.39, 0.29) is 12.5 Å². The van der Waals surface area contributed by atoms with Crippen molar-refractivity contribution in [2.75, 3.05) is 26.2 Å². The summed E-state index contributed by atoms with van der Waals surface area (Å²) >= 11 is 0. The lowest BCUT2D eigenvalue weighted by Gasteiger charge is -2.30. The quantitative estimate of drug-likeness (QED) is 0.828. The highest BCUT2D eigenvalue weighted by Crippen LogP contribution is 2.23. The number of hydrogen-bond acceptors (Lipinski definition) is 4. The zero-order valence-corrected chi connectivity index (χ0v) is 13.3. The average molecular weight is 312 g/mol. The van der Waals surface area contributed by atoms with Crippen LogP contribution in [-0.4, -0.2) is 44.1 Å². The number of nitrogens with one attached hydrogen (secondary N) is 1. The summed E-state index contributed by atoms with van der Waals surface area (Å²) in [4.78, 5) is 0.352. The van der Waals surface area contributed by atoms with E-state index in [2.05, 4.69) is 5.32 Å². The van der Waals surface area contributed by atoms with E-state index in [0.717, 1.165) is 31.5 Å². The van der Waals surface area contributed by atoms with Gasteiger partial charge in [-0.05, 0) is 43.0 Å². The van der Waals surface area contributed by atoms with Crippen molar-refractivity contribution in [3.05, 3.63) is 29.8 Å². The largest absolute Gasteiger partial charge is 0.396 e. The summed E-state index contributed by atoms with van der Waals surface area (Å²) in [6, 6.07) is 7.08.